The fraction of sp³-hybridized carbons (Fsp3) is 0.571. The molecule has 0 aromatic heterocycles. The van der Waals surface area contributed by atoms with Crippen molar-refractivity contribution in [2.75, 3.05) is 13.7 Å². The largest absolute Gasteiger partial charge is 0.598 e. The van der Waals surface area contributed by atoms with Crippen molar-refractivity contribution in [3.8, 4) is 11.5 Å². The Bertz CT molecular complexity index is 490. The van der Waals surface area contributed by atoms with Crippen LogP contribution in [0.2, 0.25) is 5.02 Å². The summed E-state index contributed by atoms with van der Waals surface area (Å²) in [6, 6.07) is 3.56. The van der Waals surface area contributed by atoms with E-state index in [1.807, 2.05) is 26.8 Å². The molecule has 112 valence electrons. The SMILES string of the molecule is COc1cc(Cl)c2c(c1)[C@@H](N[S@+]([O-])C(C)(C)C)CCO2. The maximum Gasteiger partial charge on any atom is 0.143 e. The van der Waals surface area contributed by atoms with Gasteiger partial charge in [0.25, 0.3) is 0 Å². The molecule has 0 bridgehead atoms. The molecule has 1 aliphatic rings. The lowest BCUT2D eigenvalue weighted by atomic mass is 10.0. The molecule has 1 heterocycles. The minimum atomic E-state index is -1.15. The summed E-state index contributed by atoms with van der Waals surface area (Å²) in [4.78, 5) is 0. The Labute approximate surface area is 128 Å². The summed E-state index contributed by atoms with van der Waals surface area (Å²) >= 11 is 5.06. The summed E-state index contributed by atoms with van der Waals surface area (Å²) in [5.74, 6) is 1.33. The zero-order valence-corrected chi connectivity index (χ0v) is 13.7. The van der Waals surface area contributed by atoms with Crippen molar-refractivity contribution in [2.24, 2.45) is 0 Å². The first-order valence-corrected chi connectivity index (χ1v) is 8.04. The Morgan fingerprint density at radius 2 is 2.15 bits per heavy atom. The number of rotatable bonds is 3. The van der Waals surface area contributed by atoms with Gasteiger partial charge in [0, 0.05) is 29.4 Å². The fourth-order valence-electron chi connectivity index (χ4n) is 1.98. The average molecular weight is 318 g/mol. The molecule has 0 radical (unpaired) electrons. The standard InChI is InChI=1S/C14H20ClNO3S/c1-14(2,3)20(17)16-12-5-6-19-13-10(12)7-9(18-4)8-11(13)15/h7-8,12,16H,5-6H2,1-4H3/t12-,20+/m0/s1. The molecule has 0 saturated carbocycles. The van der Waals surface area contributed by atoms with Gasteiger partial charge >= 0.3 is 0 Å². The second kappa shape index (κ2) is 6.02. The summed E-state index contributed by atoms with van der Waals surface area (Å²) in [5, 5.41) is 0.521. The van der Waals surface area contributed by atoms with Crippen LogP contribution in [0.3, 0.4) is 0 Å². The number of ether oxygens (including phenoxy) is 2. The summed E-state index contributed by atoms with van der Waals surface area (Å²) in [6.45, 7) is 6.37. The second-order valence-corrected chi connectivity index (χ2v) is 8.12. The Morgan fingerprint density at radius 1 is 1.45 bits per heavy atom. The average Bonchev–Trinajstić information content (AvgIpc) is 2.38. The van der Waals surface area contributed by atoms with Gasteiger partial charge in [-0.3, -0.25) is 0 Å². The molecule has 0 aliphatic carbocycles. The van der Waals surface area contributed by atoms with Crippen LogP contribution in [-0.2, 0) is 11.4 Å². The monoisotopic (exact) mass is 317 g/mol. The molecule has 2 atom stereocenters. The third kappa shape index (κ3) is 3.34. The zero-order valence-electron chi connectivity index (χ0n) is 12.2. The number of halogens is 1. The number of benzene rings is 1. The van der Waals surface area contributed by atoms with E-state index in [-0.39, 0.29) is 10.8 Å². The highest BCUT2D eigenvalue weighted by Gasteiger charge is 2.33. The van der Waals surface area contributed by atoms with Gasteiger partial charge in [-0.15, -0.1) is 4.72 Å². The van der Waals surface area contributed by atoms with Crippen LogP contribution in [0.4, 0.5) is 0 Å². The smallest absolute Gasteiger partial charge is 0.143 e. The highest BCUT2D eigenvalue weighted by molar-refractivity contribution is 7.90. The van der Waals surface area contributed by atoms with E-state index in [1.54, 1.807) is 13.2 Å². The van der Waals surface area contributed by atoms with Crippen molar-refractivity contribution in [1.29, 1.82) is 0 Å². The van der Waals surface area contributed by atoms with Crippen LogP contribution in [-0.4, -0.2) is 23.0 Å². The van der Waals surface area contributed by atoms with E-state index in [4.69, 9.17) is 21.1 Å². The third-order valence-electron chi connectivity index (χ3n) is 3.12. The first-order chi connectivity index (χ1) is 9.32. The van der Waals surface area contributed by atoms with E-state index in [0.717, 1.165) is 12.0 Å². The van der Waals surface area contributed by atoms with Crippen molar-refractivity contribution >= 4 is 23.0 Å². The lowest BCUT2D eigenvalue weighted by Gasteiger charge is -2.31. The molecule has 0 unspecified atom stereocenters. The van der Waals surface area contributed by atoms with E-state index >= 15 is 0 Å². The molecule has 1 N–H and O–H groups in total. The minimum absolute atomic E-state index is 0.0496. The van der Waals surface area contributed by atoms with Gasteiger partial charge in [0.1, 0.15) is 16.2 Å². The van der Waals surface area contributed by atoms with Crippen LogP contribution in [0.1, 0.15) is 38.8 Å². The van der Waals surface area contributed by atoms with Crippen LogP contribution in [0.25, 0.3) is 0 Å². The summed E-state index contributed by atoms with van der Waals surface area (Å²) < 4.78 is 26.0. The van der Waals surface area contributed by atoms with Crippen LogP contribution < -0.4 is 14.2 Å². The number of nitrogens with one attached hydrogen (secondary N) is 1. The molecule has 20 heavy (non-hydrogen) atoms. The highest BCUT2D eigenvalue weighted by Crippen LogP contribution is 2.41. The topological polar surface area (TPSA) is 53.5 Å². The molecule has 1 aromatic rings. The van der Waals surface area contributed by atoms with Gasteiger partial charge in [-0.2, -0.15) is 0 Å². The molecule has 4 nitrogen and oxygen atoms in total. The van der Waals surface area contributed by atoms with E-state index in [1.165, 1.54) is 0 Å². The normalized spacial score (nSPS) is 20.0. The zero-order chi connectivity index (χ0) is 14.9. The number of hydrogen-bond donors (Lipinski definition) is 1. The van der Waals surface area contributed by atoms with Gasteiger partial charge in [-0.25, -0.2) is 0 Å². The summed E-state index contributed by atoms with van der Waals surface area (Å²) in [5.41, 5.74) is 0.901. The third-order valence-corrected chi connectivity index (χ3v) is 5.01. The van der Waals surface area contributed by atoms with Crippen molar-refractivity contribution in [1.82, 2.24) is 4.72 Å². The molecule has 6 heteroatoms. The summed E-state index contributed by atoms with van der Waals surface area (Å²) in [6.07, 6.45) is 0.748. The molecule has 0 amide bonds. The van der Waals surface area contributed by atoms with E-state index < -0.39 is 11.4 Å². The minimum Gasteiger partial charge on any atom is -0.598 e. The Hall–Kier alpha value is -0.620. The molecule has 0 fully saturated rings. The maximum atomic E-state index is 12.3. The molecule has 0 spiro atoms. The second-order valence-electron chi connectivity index (χ2n) is 5.72. The predicted molar refractivity (Wildman–Crippen MR) is 81.9 cm³/mol. The van der Waals surface area contributed by atoms with Gasteiger partial charge in [0.15, 0.2) is 0 Å². The quantitative estimate of drug-likeness (QED) is 0.870. The maximum absolute atomic E-state index is 12.3. The Balaban J connectivity index is 2.30. The van der Waals surface area contributed by atoms with Gasteiger partial charge in [-0.05, 0) is 26.8 Å². The van der Waals surface area contributed by atoms with E-state index in [2.05, 4.69) is 4.72 Å². The van der Waals surface area contributed by atoms with Crippen LogP contribution in [0, 0.1) is 0 Å². The summed E-state index contributed by atoms with van der Waals surface area (Å²) in [7, 11) is 1.59. The Kier molecular flexibility index (Phi) is 4.74. The van der Waals surface area contributed by atoms with Gasteiger partial charge < -0.3 is 14.0 Å². The van der Waals surface area contributed by atoms with Crippen LogP contribution >= 0.6 is 11.6 Å². The van der Waals surface area contributed by atoms with Crippen molar-refractivity contribution < 1.29 is 14.0 Å². The Morgan fingerprint density at radius 3 is 2.75 bits per heavy atom. The lowest BCUT2D eigenvalue weighted by molar-refractivity contribution is 0.261. The van der Waals surface area contributed by atoms with Gasteiger partial charge in [0.05, 0.1) is 24.8 Å². The fourth-order valence-corrected chi connectivity index (χ4v) is 3.11. The molecule has 1 aliphatic heterocycles. The lowest BCUT2D eigenvalue weighted by Crippen LogP contribution is -2.42. The van der Waals surface area contributed by atoms with E-state index in [9.17, 15) is 4.55 Å². The van der Waals surface area contributed by atoms with E-state index in [0.29, 0.717) is 23.1 Å². The molecular weight excluding hydrogens is 298 g/mol. The number of hydrogen-bond acceptors (Lipinski definition) is 4. The van der Waals surface area contributed by atoms with Crippen LogP contribution in [0.15, 0.2) is 12.1 Å². The first-order valence-electron chi connectivity index (χ1n) is 6.51. The van der Waals surface area contributed by atoms with Gasteiger partial charge in [-0.1, -0.05) is 11.6 Å². The molecule has 1 aromatic carbocycles. The number of methoxy groups -OCH3 is 1. The molecule has 2 rings (SSSR count). The predicted octanol–water partition coefficient (Wildman–Crippen LogP) is 3.22. The van der Waals surface area contributed by atoms with Crippen LogP contribution in [0.5, 0.6) is 11.5 Å². The first kappa shape index (κ1) is 15.8. The molecule has 0 saturated heterocycles. The van der Waals surface area contributed by atoms with Crippen molar-refractivity contribution in [2.45, 2.75) is 38.0 Å². The highest BCUT2D eigenvalue weighted by atomic mass is 35.5. The molecular formula is C14H20ClNO3S. The van der Waals surface area contributed by atoms with Crippen molar-refractivity contribution in [3.05, 3.63) is 22.7 Å². The van der Waals surface area contributed by atoms with Crippen molar-refractivity contribution in [3.63, 3.8) is 0 Å². The number of fused-ring (bicyclic) bond motifs is 1. The van der Waals surface area contributed by atoms with Gasteiger partial charge in [0.2, 0.25) is 0 Å².